The van der Waals surface area contributed by atoms with E-state index in [1.807, 2.05) is 48.5 Å². The molecule has 0 amide bonds. The molecule has 3 aromatic carbocycles. The van der Waals surface area contributed by atoms with E-state index in [1.54, 1.807) is 36.4 Å². The summed E-state index contributed by atoms with van der Waals surface area (Å²) < 4.78 is 12.0. The molecule has 3 aromatic rings. The van der Waals surface area contributed by atoms with Gasteiger partial charge in [0.25, 0.3) is 0 Å². The minimum Gasteiger partial charge on any atom is -0.324 e. The Labute approximate surface area is 135 Å². The summed E-state index contributed by atoms with van der Waals surface area (Å²) in [6.45, 7) is 0. The van der Waals surface area contributed by atoms with Crippen molar-refractivity contribution >= 4 is 7.60 Å². The molecule has 0 aliphatic rings. The van der Waals surface area contributed by atoms with Crippen molar-refractivity contribution in [2.75, 3.05) is 0 Å². The van der Waals surface area contributed by atoms with Gasteiger partial charge in [-0.15, -0.1) is 0 Å². The third kappa shape index (κ3) is 3.59. The van der Waals surface area contributed by atoms with Gasteiger partial charge < -0.3 is 9.79 Å². The van der Waals surface area contributed by atoms with E-state index in [0.29, 0.717) is 11.1 Å². The van der Waals surface area contributed by atoms with E-state index in [-0.39, 0.29) is 0 Å². The molecule has 23 heavy (non-hydrogen) atoms. The van der Waals surface area contributed by atoms with E-state index in [2.05, 4.69) is 0 Å². The Balaban J connectivity index is 2.00. The van der Waals surface area contributed by atoms with Crippen LogP contribution in [0.5, 0.6) is 0 Å². The van der Waals surface area contributed by atoms with Crippen LogP contribution in [0.1, 0.15) is 16.8 Å². The lowest BCUT2D eigenvalue weighted by atomic mass is 10.00. The predicted molar refractivity (Wildman–Crippen MR) is 92.2 cm³/mol. The van der Waals surface area contributed by atoms with Crippen molar-refractivity contribution in [2.24, 2.45) is 0 Å². The molecule has 3 rings (SSSR count). The molecular weight excluding hydrogens is 307 g/mol. The number of hydrogen-bond donors (Lipinski definition) is 2. The Kier molecular flexibility index (Phi) is 4.44. The lowest BCUT2D eigenvalue weighted by molar-refractivity contribution is 0.364. The van der Waals surface area contributed by atoms with E-state index < -0.39 is 13.3 Å². The topological polar surface area (TPSA) is 57.5 Å². The van der Waals surface area contributed by atoms with Gasteiger partial charge in [0.1, 0.15) is 5.66 Å². The monoisotopic (exact) mass is 324 g/mol. The molecule has 0 heterocycles. The molecular formula is C19H17O3P. The summed E-state index contributed by atoms with van der Waals surface area (Å²) in [5.74, 6) is 0. The van der Waals surface area contributed by atoms with Crippen molar-refractivity contribution in [3.8, 4) is 11.1 Å². The Morgan fingerprint density at radius 1 is 0.609 bits per heavy atom. The quantitative estimate of drug-likeness (QED) is 0.688. The van der Waals surface area contributed by atoms with Crippen LogP contribution < -0.4 is 0 Å². The van der Waals surface area contributed by atoms with E-state index in [4.69, 9.17) is 0 Å². The maximum Gasteiger partial charge on any atom is 0.337 e. The van der Waals surface area contributed by atoms with Crippen LogP contribution in [0, 0.1) is 0 Å². The van der Waals surface area contributed by atoms with Crippen LogP contribution in [0.25, 0.3) is 11.1 Å². The van der Waals surface area contributed by atoms with Crippen molar-refractivity contribution in [1.82, 2.24) is 0 Å². The first-order chi connectivity index (χ1) is 11.1. The summed E-state index contributed by atoms with van der Waals surface area (Å²) in [5.41, 5.74) is 2.39. The summed E-state index contributed by atoms with van der Waals surface area (Å²) in [4.78, 5) is 19.6. The fraction of sp³-hybridized carbons (Fsp3) is 0.0526. The lowest BCUT2D eigenvalue weighted by Crippen LogP contribution is -2.02. The van der Waals surface area contributed by atoms with Crippen molar-refractivity contribution in [1.29, 1.82) is 0 Å². The predicted octanol–water partition coefficient (Wildman–Crippen LogP) is 4.62. The van der Waals surface area contributed by atoms with Crippen molar-refractivity contribution in [2.45, 2.75) is 5.66 Å². The minimum atomic E-state index is -4.31. The van der Waals surface area contributed by atoms with Gasteiger partial charge in [-0.25, -0.2) is 0 Å². The van der Waals surface area contributed by atoms with E-state index in [1.165, 1.54) is 0 Å². The summed E-state index contributed by atoms with van der Waals surface area (Å²) in [6, 6.07) is 26.2. The molecule has 0 saturated carbocycles. The Morgan fingerprint density at radius 2 is 1.04 bits per heavy atom. The molecule has 0 saturated heterocycles. The van der Waals surface area contributed by atoms with Crippen LogP contribution in [0.4, 0.5) is 0 Å². The first kappa shape index (κ1) is 15.7. The molecule has 0 aliphatic heterocycles. The number of hydrogen-bond acceptors (Lipinski definition) is 1. The molecule has 116 valence electrons. The smallest absolute Gasteiger partial charge is 0.324 e. The Hall–Kier alpha value is -2.19. The molecule has 0 aliphatic carbocycles. The van der Waals surface area contributed by atoms with Gasteiger partial charge >= 0.3 is 7.60 Å². The maximum absolute atomic E-state index is 12.0. The first-order valence-corrected chi connectivity index (χ1v) is 8.99. The van der Waals surface area contributed by atoms with E-state index in [0.717, 1.165) is 11.1 Å². The van der Waals surface area contributed by atoms with Gasteiger partial charge in [0.05, 0.1) is 0 Å². The van der Waals surface area contributed by atoms with Crippen LogP contribution in [0.15, 0.2) is 84.9 Å². The highest BCUT2D eigenvalue weighted by Gasteiger charge is 2.31. The zero-order valence-corrected chi connectivity index (χ0v) is 13.3. The second kappa shape index (κ2) is 6.51. The second-order valence-corrected chi connectivity index (χ2v) is 7.08. The summed E-state index contributed by atoms with van der Waals surface area (Å²) in [7, 11) is -4.31. The third-order valence-corrected chi connectivity index (χ3v) is 5.05. The van der Waals surface area contributed by atoms with E-state index >= 15 is 0 Å². The number of rotatable bonds is 4. The van der Waals surface area contributed by atoms with Gasteiger partial charge in [-0.1, -0.05) is 84.9 Å². The van der Waals surface area contributed by atoms with Gasteiger partial charge in [0, 0.05) is 0 Å². The van der Waals surface area contributed by atoms with E-state index in [9.17, 15) is 14.4 Å². The molecule has 3 nitrogen and oxygen atoms in total. The van der Waals surface area contributed by atoms with Crippen LogP contribution in [-0.4, -0.2) is 9.79 Å². The highest BCUT2D eigenvalue weighted by Crippen LogP contribution is 2.55. The van der Waals surface area contributed by atoms with Crippen molar-refractivity contribution in [3.05, 3.63) is 96.1 Å². The van der Waals surface area contributed by atoms with Gasteiger partial charge in [0.2, 0.25) is 0 Å². The maximum atomic E-state index is 12.0. The molecule has 0 spiro atoms. The normalized spacial score (nSPS) is 12.8. The average molecular weight is 324 g/mol. The molecule has 4 heteroatoms. The summed E-state index contributed by atoms with van der Waals surface area (Å²) in [5, 5.41) is 0. The van der Waals surface area contributed by atoms with Gasteiger partial charge in [0.15, 0.2) is 0 Å². The molecule has 2 N–H and O–H groups in total. The average Bonchev–Trinajstić information content (AvgIpc) is 2.56. The SMILES string of the molecule is O=P(O)(O)C(c1ccccc1)c1ccc(-c2ccccc2)cc1. The van der Waals surface area contributed by atoms with Crippen LogP contribution >= 0.6 is 7.60 Å². The minimum absolute atomic E-state index is 0.615. The molecule has 0 radical (unpaired) electrons. The molecule has 0 bridgehead atoms. The van der Waals surface area contributed by atoms with Crippen LogP contribution in [0.3, 0.4) is 0 Å². The van der Waals surface area contributed by atoms with Crippen molar-refractivity contribution < 1.29 is 14.4 Å². The molecule has 1 atom stereocenters. The van der Waals surface area contributed by atoms with Crippen LogP contribution in [-0.2, 0) is 4.57 Å². The van der Waals surface area contributed by atoms with Crippen molar-refractivity contribution in [3.63, 3.8) is 0 Å². The lowest BCUT2D eigenvalue weighted by Gasteiger charge is -2.19. The molecule has 0 fully saturated rings. The third-order valence-electron chi connectivity index (χ3n) is 3.79. The molecule has 1 unspecified atom stereocenters. The molecule has 0 aromatic heterocycles. The highest BCUT2D eigenvalue weighted by molar-refractivity contribution is 7.52. The highest BCUT2D eigenvalue weighted by atomic mass is 31.2. The van der Waals surface area contributed by atoms with Crippen LogP contribution in [0.2, 0.25) is 0 Å². The zero-order valence-electron chi connectivity index (χ0n) is 12.4. The number of benzene rings is 3. The second-order valence-electron chi connectivity index (χ2n) is 5.39. The van der Waals surface area contributed by atoms with Gasteiger partial charge in [-0.05, 0) is 22.3 Å². The Morgan fingerprint density at radius 3 is 1.57 bits per heavy atom. The fourth-order valence-corrected chi connectivity index (χ4v) is 3.83. The van der Waals surface area contributed by atoms with Gasteiger partial charge in [-0.2, -0.15) is 0 Å². The Bertz CT molecular complexity index is 808. The largest absolute Gasteiger partial charge is 0.337 e. The first-order valence-electron chi connectivity index (χ1n) is 7.31. The summed E-state index contributed by atoms with van der Waals surface area (Å²) >= 11 is 0. The summed E-state index contributed by atoms with van der Waals surface area (Å²) in [6.07, 6.45) is 0. The fourth-order valence-electron chi connectivity index (χ4n) is 2.70. The van der Waals surface area contributed by atoms with Gasteiger partial charge in [-0.3, -0.25) is 4.57 Å². The standard InChI is InChI=1S/C19H17O3P/c20-23(21,22)19(17-9-5-2-6-10-17)18-13-11-16(12-14-18)15-7-3-1-4-8-15/h1-14,19H,(H2,20,21,22). The zero-order chi connectivity index (χ0) is 16.3.